The van der Waals surface area contributed by atoms with Crippen LogP contribution in [0.1, 0.15) is 23.2 Å². The average molecular weight is 337 g/mol. The molecule has 24 heavy (non-hydrogen) atoms. The molecule has 0 spiro atoms. The highest BCUT2D eigenvalue weighted by molar-refractivity contribution is 5.94. The first-order chi connectivity index (χ1) is 11.4. The number of hydrogen-bond acceptors (Lipinski definition) is 5. The van der Waals surface area contributed by atoms with Crippen molar-refractivity contribution in [1.82, 2.24) is 5.32 Å². The molecule has 8 N–H and O–H groups in total. The van der Waals surface area contributed by atoms with Crippen LogP contribution in [-0.4, -0.2) is 48.4 Å². The quantitative estimate of drug-likeness (QED) is 0.176. The lowest BCUT2D eigenvalue weighted by Gasteiger charge is -2.03. The predicted molar refractivity (Wildman–Crippen MR) is 90.4 cm³/mol. The summed E-state index contributed by atoms with van der Waals surface area (Å²) < 4.78 is 0. The van der Waals surface area contributed by atoms with Crippen LogP contribution in [0.4, 0.5) is 0 Å². The molecule has 0 unspecified atom stereocenters. The Hall–Kier alpha value is -2.94. The third-order valence-corrected chi connectivity index (χ3v) is 2.67. The molecule has 0 aliphatic rings. The van der Waals surface area contributed by atoms with E-state index in [1.807, 2.05) is 6.07 Å². The summed E-state index contributed by atoms with van der Waals surface area (Å²) in [4.78, 5) is 35.0. The summed E-state index contributed by atoms with van der Waals surface area (Å²) in [6.45, 7) is 0.483. The summed E-state index contributed by atoms with van der Waals surface area (Å²) in [6, 6.07) is 7.95. The average Bonchev–Trinajstić information content (AvgIpc) is 2.57. The fourth-order valence-corrected chi connectivity index (χ4v) is 1.47. The fraction of sp³-hybridized carbons (Fsp3) is 0.333. The molecular weight excluding hydrogens is 314 g/mol. The first-order valence-corrected chi connectivity index (χ1v) is 7.19. The van der Waals surface area contributed by atoms with Gasteiger partial charge in [0.25, 0.3) is 5.91 Å². The molecule has 1 atom stereocenters. The normalized spacial score (nSPS) is 10.5. The molecule has 0 radical (unpaired) electrons. The molecule has 0 aliphatic carbocycles. The molecule has 0 aromatic heterocycles. The molecule has 9 heteroatoms. The number of nitrogens with two attached hydrogens (primary N) is 3. The third kappa shape index (κ3) is 10.7. The molecule has 1 rings (SSSR count). The van der Waals surface area contributed by atoms with Crippen molar-refractivity contribution in [3.63, 3.8) is 0 Å². The van der Waals surface area contributed by atoms with Crippen molar-refractivity contribution >= 4 is 24.1 Å². The van der Waals surface area contributed by atoms with E-state index in [4.69, 9.17) is 22.3 Å². The van der Waals surface area contributed by atoms with E-state index in [1.165, 1.54) is 0 Å². The monoisotopic (exact) mass is 337 g/mol. The lowest BCUT2D eigenvalue weighted by atomic mass is 10.2. The molecule has 1 aromatic rings. The first-order valence-electron chi connectivity index (χ1n) is 7.19. The Morgan fingerprint density at radius 2 is 1.88 bits per heavy atom. The number of rotatable bonds is 8. The predicted octanol–water partition coefficient (Wildman–Crippen LogP) is -0.933. The van der Waals surface area contributed by atoms with E-state index in [1.54, 1.807) is 24.3 Å². The standard InChI is InChI=1S/C9H9NO2.C6H14N4O2/c11-7-6-10-9(12)8-4-2-1-3-5-8;7-4(5(11)12)2-1-3-10-6(8)9/h1-5,7H,6H2,(H,10,12);4H,1-3,7H2,(H,11,12)(H4,8,9,10)/t;4-/m.0/s1. The Balaban J connectivity index is 0.000000441. The number of nitrogens with zero attached hydrogens (tertiary/aromatic N) is 1. The number of hydrogen-bond donors (Lipinski definition) is 5. The van der Waals surface area contributed by atoms with Gasteiger partial charge in [0.1, 0.15) is 12.3 Å². The second-order valence-corrected chi connectivity index (χ2v) is 4.64. The van der Waals surface area contributed by atoms with E-state index in [0.717, 1.165) is 0 Å². The molecule has 0 saturated heterocycles. The second kappa shape index (κ2) is 12.6. The number of carboxylic acid groups (broad SMARTS) is 1. The summed E-state index contributed by atoms with van der Waals surface area (Å²) in [6.07, 6.45) is 1.61. The van der Waals surface area contributed by atoms with Crippen LogP contribution >= 0.6 is 0 Å². The molecule has 0 saturated carbocycles. The van der Waals surface area contributed by atoms with E-state index >= 15 is 0 Å². The van der Waals surface area contributed by atoms with Crippen molar-refractivity contribution in [2.24, 2.45) is 22.2 Å². The molecule has 0 aliphatic heterocycles. The summed E-state index contributed by atoms with van der Waals surface area (Å²) in [5.41, 5.74) is 15.9. The van der Waals surface area contributed by atoms with Crippen LogP contribution < -0.4 is 22.5 Å². The lowest BCUT2D eigenvalue weighted by Crippen LogP contribution is -2.30. The summed E-state index contributed by atoms with van der Waals surface area (Å²) in [7, 11) is 0. The molecule has 0 bridgehead atoms. The van der Waals surface area contributed by atoms with Gasteiger partial charge in [0, 0.05) is 12.1 Å². The van der Waals surface area contributed by atoms with Gasteiger partial charge < -0.3 is 32.4 Å². The number of aliphatic carboxylic acids is 1. The summed E-state index contributed by atoms with van der Waals surface area (Å²) in [5.74, 6) is -1.21. The Labute approximate surface area is 139 Å². The largest absolute Gasteiger partial charge is 0.480 e. The SMILES string of the molecule is NC(N)=NCCC[C@H](N)C(=O)O.O=CCNC(=O)c1ccccc1. The smallest absolute Gasteiger partial charge is 0.320 e. The Bertz CT molecular complexity index is 544. The van der Waals surface area contributed by atoms with Gasteiger partial charge in [0.05, 0.1) is 6.54 Å². The molecule has 1 aromatic carbocycles. The third-order valence-electron chi connectivity index (χ3n) is 2.67. The maximum atomic E-state index is 11.1. The minimum atomic E-state index is -1.00. The number of aliphatic imine (C=N–C) groups is 1. The number of carbonyl (C=O) groups is 3. The zero-order chi connectivity index (χ0) is 18.4. The van der Waals surface area contributed by atoms with Gasteiger partial charge in [-0.2, -0.15) is 0 Å². The van der Waals surface area contributed by atoms with E-state index in [9.17, 15) is 14.4 Å². The van der Waals surface area contributed by atoms with Gasteiger partial charge >= 0.3 is 5.97 Å². The molecule has 1 amide bonds. The summed E-state index contributed by atoms with van der Waals surface area (Å²) >= 11 is 0. The van der Waals surface area contributed by atoms with Crippen molar-refractivity contribution < 1.29 is 19.5 Å². The van der Waals surface area contributed by atoms with Crippen molar-refractivity contribution in [3.05, 3.63) is 35.9 Å². The van der Waals surface area contributed by atoms with Crippen molar-refractivity contribution in [1.29, 1.82) is 0 Å². The van der Waals surface area contributed by atoms with Crippen molar-refractivity contribution in [2.75, 3.05) is 13.1 Å². The highest BCUT2D eigenvalue weighted by Crippen LogP contribution is 1.96. The number of carbonyl (C=O) groups excluding carboxylic acids is 2. The highest BCUT2D eigenvalue weighted by Gasteiger charge is 2.09. The van der Waals surface area contributed by atoms with Crippen molar-refractivity contribution in [3.8, 4) is 0 Å². The van der Waals surface area contributed by atoms with E-state index in [-0.39, 0.29) is 18.4 Å². The Kier molecular flexibility index (Phi) is 11.0. The van der Waals surface area contributed by atoms with Gasteiger partial charge in [-0.15, -0.1) is 0 Å². The first kappa shape index (κ1) is 21.1. The lowest BCUT2D eigenvalue weighted by molar-refractivity contribution is -0.138. The van der Waals surface area contributed by atoms with Crippen LogP contribution in [0, 0.1) is 0 Å². The molecule has 0 fully saturated rings. The molecule has 0 heterocycles. The van der Waals surface area contributed by atoms with Gasteiger partial charge in [-0.25, -0.2) is 0 Å². The van der Waals surface area contributed by atoms with Gasteiger partial charge in [0.2, 0.25) is 0 Å². The van der Waals surface area contributed by atoms with Gasteiger partial charge in [-0.1, -0.05) is 18.2 Å². The number of guanidine groups is 1. The Morgan fingerprint density at radius 1 is 1.25 bits per heavy atom. The van der Waals surface area contributed by atoms with Gasteiger partial charge in [-0.05, 0) is 25.0 Å². The molecular formula is C15H23N5O4. The number of amides is 1. The number of aldehydes is 1. The number of benzene rings is 1. The minimum absolute atomic E-state index is 0.0129. The van der Waals surface area contributed by atoms with Gasteiger partial charge in [-0.3, -0.25) is 14.6 Å². The van der Waals surface area contributed by atoms with Crippen molar-refractivity contribution in [2.45, 2.75) is 18.9 Å². The zero-order valence-electron chi connectivity index (χ0n) is 13.2. The van der Waals surface area contributed by atoms with Crippen LogP contribution in [0.3, 0.4) is 0 Å². The number of carboxylic acids is 1. The Morgan fingerprint density at radius 3 is 2.38 bits per heavy atom. The highest BCUT2D eigenvalue weighted by atomic mass is 16.4. The van der Waals surface area contributed by atoms with E-state index < -0.39 is 12.0 Å². The fourth-order valence-electron chi connectivity index (χ4n) is 1.47. The van der Waals surface area contributed by atoms with Crippen LogP contribution in [0.2, 0.25) is 0 Å². The van der Waals surface area contributed by atoms with Crippen LogP contribution in [0.25, 0.3) is 0 Å². The van der Waals surface area contributed by atoms with E-state index in [0.29, 0.717) is 31.2 Å². The zero-order valence-corrected chi connectivity index (χ0v) is 13.2. The summed E-state index contributed by atoms with van der Waals surface area (Å²) in [5, 5.41) is 10.8. The van der Waals surface area contributed by atoms with Gasteiger partial charge in [0.15, 0.2) is 5.96 Å². The molecule has 132 valence electrons. The van der Waals surface area contributed by atoms with Crippen LogP contribution in [0.5, 0.6) is 0 Å². The van der Waals surface area contributed by atoms with E-state index in [2.05, 4.69) is 10.3 Å². The maximum Gasteiger partial charge on any atom is 0.320 e. The van der Waals surface area contributed by atoms with Crippen LogP contribution in [0.15, 0.2) is 35.3 Å². The number of nitrogens with one attached hydrogen (secondary N) is 1. The molecule has 9 nitrogen and oxygen atoms in total. The van der Waals surface area contributed by atoms with Crippen LogP contribution in [-0.2, 0) is 9.59 Å². The minimum Gasteiger partial charge on any atom is -0.480 e. The maximum absolute atomic E-state index is 11.1. The second-order valence-electron chi connectivity index (χ2n) is 4.64. The topological polar surface area (TPSA) is 174 Å².